The van der Waals surface area contributed by atoms with Gasteiger partial charge >= 0.3 is 0 Å². The maximum absolute atomic E-state index is 11.1. The fraction of sp³-hybridized carbons (Fsp3) is 0.462. The van der Waals surface area contributed by atoms with Crippen LogP contribution in [0, 0.1) is 21.4 Å². The van der Waals surface area contributed by atoms with Crippen LogP contribution in [0.15, 0.2) is 18.2 Å². The number of anilines is 1. The van der Waals surface area contributed by atoms with Crippen LogP contribution in [0.3, 0.4) is 0 Å². The van der Waals surface area contributed by atoms with E-state index in [1.54, 1.807) is 12.1 Å². The van der Waals surface area contributed by atoms with Crippen LogP contribution < -0.4 is 4.90 Å². The van der Waals surface area contributed by atoms with E-state index >= 15 is 0 Å². The van der Waals surface area contributed by atoms with Crippen molar-refractivity contribution in [3.05, 3.63) is 33.9 Å². The third-order valence-electron chi connectivity index (χ3n) is 3.21. The molecule has 2 rings (SSSR count). The monoisotopic (exact) mass is 277 g/mol. The first-order valence-electron chi connectivity index (χ1n) is 6.17. The van der Waals surface area contributed by atoms with E-state index in [4.69, 9.17) is 5.26 Å². The lowest BCUT2D eigenvalue weighted by Crippen LogP contribution is -2.26. The molecule has 1 aliphatic heterocycles. The van der Waals surface area contributed by atoms with Crippen molar-refractivity contribution >= 4 is 23.1 Å². The molecular weight excluding hydrogens is 262 g/mol. The molecule has 1 heterocycles. The van der Waals surface area contributed by atoms with E-state index in [0.29, 0.717) is 16.5 Å². The molecule has 1 fully saturated rings. The Morgan fingerprint density at radius 3 is 3.00 bits per heavy atom. The lowest BCUT2D eigenvalue weighted by atomic mass is 10.1. The zero-order valence-electron chi connectivity index (χ0n) is 10.7. The van der Waals surface area contributed by atoms with E-state index in [2.05, 4.69) is 11.8 Å². The van der Waals surface area contributed by atoms with E-state index in [-0.39, 0.29) is 5.69 Å². The smallest absolute Gasteiger partial charge is 0.293 e. The van der Waals surface area contributed by atoms with Gasteiger partial charge in [0.25, 0.3) is 5.69 Å². The zero-order chi connectivity index (χ0) is 13.8. The van der Waals surface area contributed by atoms with E-state index in [1.165, 1.54) is 6.07 Å². The lowest BCUT2D eigenvalue weighted by Gasteiger charge is -2.22. The first-order chi connectivity index (χ1) is 9.11. The van der Waals surface area contributed by atoms with Gasteiger partial charge in [-0.15, -0.1) is 0 Å². The molecule has 0 radical (unpaired) electrons. The molecule has 100 valence electrons. The molecule has 1 aromatic rings. The number of thioether (sulfide) groups is 1. The number of hydrogen-bond acceptors (Lipinski definition) is 5. The molecule has 0 aliphatic carbocycles. The molecule has 1 aliphatic rings. The highest BCUT2D eigenvalue weighted by molar-refractivity contribution is 7.99. The Hall–Kier alpha value is -1.74. The minimum atomic E-state index is -0.405. The molecule has 1 aromatic carbocycles. The third-order valence-corrected chi connectivity index (χ3v) is 4.43. The van der Waals surface area contributed by atoms with Crippen LogP contribution in [0.25, 0.3) is 0 Å². The van der Waals surface area contributed by atoms with Crippen molar-refractivity contribution < 1.29 is 4.92 Å². The van der Waals surface area contributed by atoms with Gasteiger partial charge < -0.3 is 4.90 Å². The maximum Gasteiger partial charge on any atom is 0.293 e. The number of rotatable bonds is 2. The van der Waals surface area contributed by atoms with Gasteiger partial charge in [-0.3, -0.25) is 10.1 Å². The Kier molecular flexibility index (Phi) is 4.27. The van der Waals surface area contributed by atoms with Gasteiger partial charge in [-0.2, -0.15) is 17.0 Å². The van der Waals surface area contributed by atoms with Gasteiger partial charge in [-0.25, -0.2) is 0 Å². The molecule has 0 saturated carbocycles. The van der Waals surface area contributed by atoms with Crippen LogP contribution in [-0.4, -0.2) is 29.0 Å². The van der Waals surface area contributed by atoms with Crippen molar-refractivity contribution in [3.63, 3.8) is 0 Å². The molecule has 1 atom stereocenters. The molecule has 19 heavy (non-hydrogen) atoms. The number of nitro groups is 1. The summed E-state index contributed by atoms with van der Waals surface area (Å²) in [6.45, 7) is 3.81. The summed E-state index contributed by atoms with van der Waals surface area (Å²) in [5.41, 5.74) is 0.977. The summed E-state index contributed by atoms with van der Waals surface area (Å²) in [4.78, 5) is 12.8. The van der Waals surface area contributed by atoms with Gasteiger partial charge in [0.05, 0.1) is 16.6 Å². The van der Waals surface area contributed by atoms with Crippen LogP contribution in [-0.2, 0) is 0 Å². The average molecular weight is 277 g/mol. The number of hydrogen-bond donors (Lipinski definition) is 0. The van der Waals surface area contributed by atoms with Gasteiger partial charge in [0.1, 0.15) is 5.69 Å². The van der Waals surface area contributed by atoms with Crippen molar-refractivity contribution in [1.82, 2.24) is 0 Å². The average Bonchev–Trinajstić information content (AvgIpc) is 2.62. The third kappa shape index (κ3) is 3.18. The summed E-state index contributed by atoms with van der Waals surface area (Å²) in [6, 6.07) is 6.64. The van der Waals surface area contributed by atoms with Crippen molar-refractivity contribution in [3.8, 4) is 6.07 Å². The van der Waals surface area contributed by atoms with Crippen molar-refractivity contribution in [1.29, 1.82) is 5.26 Å². The summed E-state index contributed by atoms with van der Waals surface area (Å²) < 4.78 is 0. The van der Waals surface area contributed by atoms with Gasteiger partial charge in [-0.05, 0) is 18.6 Å². The van der Waals surface area contributed by atoms with Crippen molar-refractivity contribution in [2.75, 3.05) is 23.7 Å². The van der Waals surface area contributed by atoms with E-state index in [9.17, 15) is 10.1 Å². The highest BCUT2D eigenvalue weighted by atomic mass is 32.2. The normalized spacial score (nSPS) is 19.6. The summed E-state index contributed by atoms with van der Waals surface area (Å²) in [7, 11) is 0. The second-order valence-corrected chi connectivity index (χ2v) is 6.08. The summed E-state index contributed by atoms with van der Waals surface area (Å²) >= 11 is 1.90. The Bertz CT molecular complexity index is 527. The number of nitriles is 1. The van der Waals surface area contributed by atoms with Gasteiger partial charge in [-0.1, -0.05) is 6.92 Å². The highest BCUT2D eigenvalue weighted by Gasteiger charge is 2.22. The molecule has 0 spiro atoms. The van der Waals surface area contributed by atoms with Gasteiger partial charge in [0, 0.05) is 30.2 Å². The van der Waals surface area contributed by atoms with Gasteiger partial charge in [0.2, 0.25) is 0 Å². The predicted molar refractivity (Wildman–Crippen MR) is 76.6 cm³/mol. The van der Waals surface area contributed by atoms with Crippen molar-refractivity contribution in [2.24, 2.45) is 0 Å². The number of benzene rings is 1. The minimum absolute atomic E-state index is 0.0265. The van der Waals surface area contributed by atoms with Crippen LogP contribution >= 0.6 is 11.8 Å². The summed E-state index contributed by atoms with van der Waals surface area (Å²) in [6.07, 6.45) is 1.02. The molecular formula is C13H15N3O2S. The molecule has 0 aromatic heterocycles. The minimum Gasteiger partial charge on any atom is -0.365 e. The summed E-state index contributed by atoms with van der Waals surface area (Å²) in [5, 5.41) is 20.6. The lowest BCUT2D eigenvalue weighted by molar-refractivity contribution is -0.384. The number of nitrogens with zero attached hydrogens (tertiary/aromatic N) is 3. The SMILES string of the molecule is C[C@H]1CCN(c2ccc(C#N)cc2[N+](=O)[O-])CCS1. The fourth-order valence-corrected chi connectivity index (χ4v) is 3.14. The highest BCUT2D eigenvalue weighted by Crippen LogP contribution is 2.31. The molecule has 6 heteroatoms. The van der Waals surface area contributed by atoms with E-state index in [1.807, 2.05) is 17.8 Å². The molecule has 5 nitrogen and oxygen atoms in total. The molecule has 0 N–H and O–H groups in total. The first-order valence-corrected chi connectivity index (χ1v) is 7.22. The molecule has 1 saturated heterocycles. The van der Waals surface area contributed by atoms with E-state index < -0.39 is 4.92 Å². The van der Waals surface area contributed by atoms with Crippen molar-refractivity contribution in [2.45, 2.75) is 18.6 Å². The van der Waals surface area contributed by atoms with Crippen LogP contribution in [0.5, 0.6) is 0 Å². The second kappa shape index (κ2) is 5.93. The van der Waals surface area contributed by atoms with Crippen LogP contribution in [0.4, 0.5) is 11.4 Å². The van der Waals surface area contributed by atoms with Crippen LogP contribution in [0.1, 0.15) is 18.9 Å². The standard InChI is InChI=1S/C13H15N3O2S/c1-10-4-5-15(6-7-19-10)12-3-2-11(9-14)8-13(12)16(17)18/h2-3,8,10H,4-7H2,1H3/t10-/m0/s1. The zero-order valence-corrected chi connectivity index (χ0v) is 11.5. The fourth-order valence-electron chi connectivity index (χ4n) is 2.14. The Morgan fingerprint density at radius 1 is 1.53 bits per heavy atom. The Balaban J connectivity index is 2.33. The predicted octanol–water partition coefficient (Wildman–Crippen LogP) is 2.80. The molecule has 0 amide bonds. The summed E-state index contributed by atoms with van der Waals surface area (Å²) in [5.74, 6) is 0.971. The Morgan fingerprint density at radius 2 is 2.32 bits per heavy atom. The molecule has 0 unspecified atom stereocenters. The maximum atomic E-state index is 11.1. The molecule has 0 bridgehead atoms. The second-order valence-electron chi connectivity index (χ2n) is 4.53. The first kappa shape index (κ1) is 13.7. The topological polar surface area (TPSA) is 70.2 Å². The van der Waals surface area contributed by atoms with Gasteiger partial charge in [0.15, 0.2) is 0 Å². The largest absolute Gasteiger partial charge is 0.365 e. The number of nitro benzene ring substituents is 1. The Labute approximate surface area is 116 Å². The van der Waals surface area contributed by atoms with Crippen LogP contribution in [0.2, 0.25) is 0 Å². The van der Waals surface area contributed by atoms with E-state index in [0.717, 1.165) is 25.3 Å². The quantitative estimate of drug-likeness (QED) is 0.614.